The van der Waals surface area contributed by atoms with Crippen LogP contribution in [-0.2, 0) is 0 Å². The molecule has 1 unspecified atom stereocenters. The Morgan fingerprint density at radius 2 is 1.72 bits per heavy atom. The predicted molar refractivity (Wildman–Crippen MR) is 115 cm³/mol. The molecule has 0 aromatic heterocycles. The fraction of sp³-hybridized carbons (Fsp3) is 0.174. The van der Waals surface area contributed by atoms with E-state index in [1.165, 1.54) is 0 Å². The maximum atomic E-state index is 10.3. The topological polar surface area (TPSA) is 54.3 Å². The maximum Gasteiger partial charge on any atom is 0.166 e. The van der Waals surface area contributed by atoms with E-state index in [4.69, 9.17) is 26.2 Å². The van der Waals surface area contributed by atoms with Gasteiger partial charge < -0.3 is 14.6 Å². The third kappa shape index (κ3) is 3.61. The van der Waals surface area contributed by atoms with Crippen LogP contribution in [0.15, 0.2) is 71.8 Å². The van der Waals surface area contributed by atoms with Crippen LogP contribution < -0.4 is 14.5 Å². The number of aromatic hydroxyl groups is 1. The van der Waals surface area contributed by atoms with Gasteiger partial charge in [-0.25, -0.2) is 0 Å². The number of anilines is 1. The van der Waals surface area contributed by atoms with Crippen LogP contribution in [0.2, 0.25) is 5.02 Å². The second-order valence-corrected chi connectivity index (χ2v) is 7.12. The van der Waals surface area contributed by atoms with E-state index < -0.39 is 0 Å². The lowest BCUT2D eigenvalue weighted by atomic mass is 9.96. The molecule has 1 heterocycles. The van der Waals surface area contributed by atoms with Crippen LogP contribution in [0.5, 0.6) is 17.2 Å². The van der Waals surface area contributed by atoms with Crippen LogP contribution in [0.3, 0.4) is 0 Å². The Morgan fingerprint density at radius 1 is 0.966 bits per heavy atom. The van der Waals surface area contributed by atoms with Gasteiger partial charge in [0.2, 0.25) is 0 Å². The minimum atomic E-state index is -0.129. The summed E-state index contributed by atoms with van der Waals surface area (Å²) in [5.41, 5.74) is 3.37. The number of phenolic OH excluding ortho intramolecular Hbond substituents is 1. The van der Waals surface area contributed by atoms with Crippen LogP contribution in [0, 0.1) is 0 Å². The third-order valence-corrected chi connectivity index (χ3v) is 5.26. The molecule has 0 spiro atoms. The average Bonchev–Trinajstić information content (AvgIpc) is 3.18. The number of rotatable bonds is 5. The second-order valence-electron chi connectivity index (χ2n) is 6.69. The van der Waals surface area contributed by atoms with Gasteiger partial charge in [0.25, 0.3) is 0 Å². The first-order chi connectivity index (χ1) is 14.1. The van der Waals surface area contributed by atoms with Gasteiger partial charge in [-0.2, -0.15) is 5.10 Å². The molecule has 0 bridgehead atoms. The average molecular weight is 409 g/mol. The number of para-hydroxylation sites is 2. The minimum absolute atomic E-state index is 0.129. The Balaban J connectivity index is 1.83. The van der Waals surface area contributed by atoms with Crippen molar-refractivity contribution in [3.63, 3.8) is 0 Å². The van der Waals surface area contributed by atoms with E-state index in [0.29, 0.717) is 22.9 Å². The van der Waals surface area contributed by atoms with Gasteiger partial charge in [-0.05, 0) is 42.5 Å². The van der Waals surface area contributed by atoms with E-state index in [-0.39, 0.29) is 11.8 Å². The van der Waals surface area contributed by atoms with Crippen LogP contribution >= 0.6 is 11.6 Å². The number of nitrogens with zero attached hydrogens (tertiary/aromatic N) is 2. The molecule has 3 aromatic rings. The van der Waals surface area contributed by atoms with Gasteiger partial charge in [-0.15, -0.1) is 0 Å². The summed E-state index contributed by atoms with van der Waals surface area (Å²) < 4.78 is 11.2. The number of benzene rings is 3. The molecule has 0 fully saturated rings. The molecule has 0 radical (unpaired) electrons. The summed E-state index contributed by atoms with van der Waals surface area (Å²) in [4.78, 5) is 0. The third-order valence-electron chi connectivity index (χ3n) is 5.01. The SMILES string of the molecule is COc1cccc(C2CC(c3ccccc3O)=NN2c2ccc(Cl)cc2)c1OC. The van der Waals surface area contributed by atoms with E-state index in [1.807, 2.05) is 59.6 Å². The standard InChI is InChI=1S/C23H21ClN2O3/c1-28-22-9-5-7-18(23(22)29-2)20-14-19(17-6-3-4-8-21(17)27)25-26(20)16-12-10-15(24)11-13-16/h3-13,20,27H,14H2,1-2H3. The van der Waals surface area contributed by atoms with E-state index in [9.17, 15) is 5.11 Å². The van der Waals surface area contributed by atoms with Gasteiger partial charge in [0.15, 0.2) is 11.5 Å². The molecule has 0 amide bonds. The summed E-state index contributed by atoms with van der Waals surface area (Å²) in [5.74, 6) is 1.55. The molecule has 29 heavy (non-hydrogen) atoms. The number of hydrogen-bond acceptors (Lipinski definition) is 5. The first-order valence-corrected chi connectivity index (χ1v) is 9.61. The molecule has 0 saturated carbocycles. The number of halogens is 1. The summed E-state index contributed by atoms with van der Waals surface area (Å²) in [6, 6.07) is 20.5. The van der Waals surface area contributed by atoms with E-state index in [1.54, 1.807) is 26.4 Å². The van der Waals surface area contributed by atoms with Gasteiger partial charge in [-0.3, -0.25) is 5.01 Å². The zero-order chi connectivity index (χ0) is 20.4. The fourth-order valence-corrected chi connectivity index (χ4v) is 3.77. The maximum absolute atomic E-state index is 10.3. The van der Waals surface area contributed by atoms with Crippen LogP contribution in [0.1, 0.15) is 23.6 Å². The van der Waals surface area contributed by atoms with Crippen molar-refractivity contribution in [1.29, 1.82) is 0 Å². The molecule has 0 saturated heterocycles. The van der Waals surface area contributed by atoms with Crippen molar-refractivity contribution in [1.82, 2.24) is 0 Å². The molecule has 148 valence electrons. The molecule has 5 nitrogen and oxygen atoms in total. The Bertz CT molecular complexity index is 1050. The van der Waals surface area contributed by atoms with Crippen molar-refractivity contribution in [2.45, 2.75) is 12.5 Å². The van der Waals surface area contributed by atoms with Crippen molar-refractivity contribution in [2.75, 3.05) is 19.2 Å². The monoisotopic (exact) mass is 408 g/mol. The highest BCUT2D eigenvalue weighted by atomic mass is 35.5. The molecule has 0 aliphatic carbocycles. The van der Waals surface area contributed by atoms with Crippen molar-refractivity contribution in [2.24, 2.45) is 5.10 Å². The zero-order valence-electron chi connectivity index (χ0n) is 16.2. The molecule has 1 atom stereocenters. The van der Waals surface area contributed by atoms with Crippen molar-refractivity contribution in [3.8, 4) is 17.2 Å². The first kappa shape index (κ1) is 19.2. The van der Waals surface area contributed by atoms with Gasteiger partial charge in [-0.1, -0.05) is 35.9 Å². The fourth-order valence-electron chi connectivity index (χ4n) is 3.64. The lowest BCUT2D eigenvalue weighted by molar-refractivity contribution is 0.349. The summed E-state index contributed by atoms with van der Waals surface area (Å²) in [5, 5.41) is 17.8. The number of ether oxygens (including phenoxy) is 2. The van der Waals surface area contributed by atoms with Gasteiger partial charge >= 0.3 is 0 Å². The Kier molecular flexibility index (Phi) is 5.32. The lowest BCUT2D eigenvalue weighted by Gasteiger charge is -2.26. The highest BCUT2D eigenvalue weighted by Crippen LogP contribution is 2.44. The molecule has 6 heteroatoms. The molecular formula is C23H21ClN2O3. The van der Waals surface area contributed by atoms with Crippen molar-refractivity contribution in [3.05, 3.63) is 82.9 Å². The quantitative estimate of drug-likeness (QED) is 0.612. The number of hydrazone groups is 1. The zero-order valence-corrected chi connectivity index (χ0v) is 16.9. The summed E-state index contributed by atoms with van der Waals surface area (Å²) >= 11 is 6.08. The first-order valence-electron chi connectivity index (χ1n) is 9.24. The molecule has 4 rings (SSSR count). The molecule has 3 aromatic carbocycles. The number of methoxy groups -OCH3 is 2. The summed E-state index contributed by atoms with van der Waals surface area (Å²) in [6.45, 7) is 0. The highest BCUT2D eigenvalue weighted by molar-refractivity contribution is 6.30. The van der Waals surface area contributed by atoms with Crippen molar-refractivity contribution < 1.29 is 14.6 Å². The molecule has 1 N–H and O–H groups in total. The minimum Gasteiger partial charge on any atom is -0.507 e. The van der Waals surface area contributed by atoms with E-state index >= 15 is 0 Å². The van der Waals surface area contributed by atoms with Crippen LogP contribution in [0.4, 0.5) is 5.69 Å². The lowest BCUT2D eigenvalue weighted by Crippen LogP contribution is -2.19. The molecule has 1 aliphatic rings. The van der Waals surface area contributed by atoms with Crippen LogP contribution in [-0.4, -0.2) is 25.0 Å². The van der Waals surface area contributed by atoms with Crippen molar-refractivity contribution >= 4 is 23.0 Å². The molecular weight excluding hydrogens is 388 g/mol. The number of phenols is 1. The second kappa shape index (κ2) is 8.05. The Labute approximate surface area is 174 Å². The number of hydrogen-bond donors (Lipinski definition) is 1. The largest absolute Gasteiger partial charge is 0.507 e. The summed E-state index contributed by atoms with van der Waals surface area (Å²) in [7, 11) is 3.25. The van der Waals surface area contributed by atoms with Gasteiger partial charge in [0.1, 0.15) is 5.75 Å². The Hall–Kier alpha value is -3.18. The van der Waals surface area contributed by atoms with E-state index in [2.05, 4.69) is 0 Å². The normalized spacial score (nSPS) is 15.9. The Morgan fingerprint density at radius 3 is 2.41 bits per heavy atom. The van der Waals surface area contributed by atoms with Gasteiger partial charge in [0, 0.05) is 22.6 Å². The summed E-state index contributed by atoms with van der Waals surface area (Å²) in [6.07, 6.45) is 0.601. The van der Waals surface area contributed by atoms with Gasteiger partial charge in [0.05, 0.1) is 31.7 Å². The van der Waals surface area contributed by atoms with Crippen LogP contribution in [0.25, 0.3) is 0 Å². The molecule has 1 aliphatic heterocycles. The highest BCUT2D eigenvalue weighted by Gasteiger charge is 2.33. The smallest absolute Gasteiger partial charge is 0.166 e. The predicted octanol–water partition coefficient (Wildman–Crippen LogP) is 5.42. The van der Waals surface area contributed by atoms with E-state index in [0.717, 1.165) is 22.5 Å².